The van der Waals surface area contributed by atoms with Gasteiger partial charge in [0, 0.05) is 37.6 Å². The van der Waals surface area contributed by atoms with Crippen LogP contribution in [0.5, 0.6) is 11.5 Å². The number of hydrazone groups is 1. The Morgan fingerprint density at radius 1 is 0.547 bits per heavy atom. The van der Waals surface area contributed by atoms with Gasteiger partial charge in [-0.3, -0.25) is 20.2 Å². The van der Waals surface area contributed by atoms with Crippen molar-refractivity contribution in [2.45, 2.75) is 14.9 Å². The fraction of sp³-hybridized carbons (Fsp3) is 0.185. The van der Waals surface area contributed by atoms with Crippen LogP contribution in [0.4, 0.5) is 55.1 Å². The maximum atomic E-state index is 14.2. The largest absolute Gasteiger partial charge is 0.508 e. The molecule has 0 saturated carbocycles. The second-order valence-corrected chi connectivity index (χ2v) is 16.0. The zero-order chi connectivity index (χ0) is 50.8. The smallest absolute Gasteiger partial charge is 0.245 e. The minimum atomic E-state index is -0.483. The van der Waals surface area contributed by atoms with E-state index in [1.807, 2.05) is 89.8 Å². The van der Waals surface area contributed by atoms with Crippen molar-refractivity contribution >= 4 is 58.8 Å². The summed E-state index contributed by atoms with van der Waals surface area (Å²) in [5.41, 5.74) is 13.3. The van der Waals surface area contributed by atoms with Crippen molar-refractivity contribution in [1.82, 2.24) is 29.9 Å². The normalized spacial score (nSPS) is 12.8. The van der Waals surface area contributed by atoms with Crippen molar-refractivity contribution < 1.29 is 33.3 Å². The van der Waals surface area contributed by atoms with Crippen LogP contribution < -0.4 is 37.1 Å². The number of carbonyl (C=O) groups excluding carboxylic acids is 1. The lowest BCUT2D eigenvalue weighted by Gasteiger charge is -2.27. The van der Waals surface area contributed by atoms with E-state index in [2.05, 4.69) is 56.5 Å². The third kappa shape index (κ3) is 15.9. The van der Waals surface area contributed by atoms with Gasteiger partial charge < -0.3 is 40.1 Å². The summed E-state index contributed by atoms with van der Waals surface area (Å²) in [6, 6.07) is 37.2. The number of aromatic nitrogens is 6. The zero-order valence-corrected chi connectivity index (χ0v) is 39.1. The lowest BCUT2D eigenvalue weighted by molar-refractivity contribution is 0.111. The molecule has 21 heteroatoms. The monoisotopic (exact) mass is 1020 g/mol. The molecule has 75 heavy (non-hydrogen) atoms. The van der Waals surface area contributed by atoms with Gasteiger partial charge in [-0.25, -0.2) is 30.0 Å². The van der Waals surface area contributed by atoms with Gasteiger partial charge in [0.15, 0.2) is 29.6 Å². The van der Waals surface area contributed by atoms with E-state index in [1.54, 1.807) is 53.7 Å². The summed E-state index contributed by atoms with van der Waals surface area (Å²) in [6.45, 7) is 4.61. The number of halogens is 2. The minimum absolute atomic E-state index is 0. The van der Waals surface area contributed by atoms with Gasteiger partial charge >= 0.3 is 0 Å². The third-order valence-electron chi connectivity index (χ3n) is 10.9. The predicted octanol–water partition coefficient (Wildman–Crippen LogP) is 9.43. The van der Waals surface area contributed by atoms with Crippen LogP contribution in [-0.4, -0.2) is 105 Å². The molecule has 0 unspecified atom stereocenters. The van der Waals surface area contributed by atoms with E-state index < -0.39 is 11.6 Å². The van der Waals surface area contributed by atoms with E-state index in [9.17, 15) is 23.8 Å². The molecule has 0 radical (unpaired) electrons. The molecule has 4 aromatic carbocycles. The van der Waals surface area contributed by atoms with E-state index in [4.69, 9.17) is 15.3 Å². The molecule has 2 saturated heterocycles. The highest BCUT2D eigenvalue weighted by Gasteiger charge is 2.19. The van der Waals surface area contributed by atoms with Gasteiger partial charge in [0.25, 0.3) is 0 Å². The number of aldehydes is 1. The van der Waals surface area contributed by atoms with Crippen LogP contribution in [0.2, 0.25) is 0 Å². The van der Waals surface area contributed by atoms with Crippen molar-refractivity contribution in [2.75, 3.05) is 83.9 Å². The molecule has 2 fully saturated rings. The number of hydrazine groups is 1. The summed E-state index contributed by atoms with van der Waals surface area (Å²) >= 11 is 0. The fourth-order valence-corrected chi connectivity index (χ4v) is 7.35. The third-order valence-corrected chi connectivity index (χ3v) is 10.9. The molecule has 6 heterocycles. The molecule has 10 rings (SSSR count). The van der Waals surface area contributed by atoms with Crippen molar-refractivity contribution in [3.63, 3.8) is 0 Å². The Labute approximate surface area is 433 Å². The maximum absolute atomic E-state index is 14.2. The quantitative estimate of drug-likeness (QED) is 0.0246. The van der Waals surface area contributed by atoms with Crippen LogP contribution in [0.15, 0.2) is 151 Å². The first-order valence-electron chi connectivity index (χ1n) is 22.9. The number of benzene rings is 4. The molecule has 0 bridgehead atoms. The van der Waals surface area contributed by atoms with Crippen LogP contribution in [0.1, 0.15) is 31.0 Å². The maximum Gasteiger partial charge on any atom is 0.245 e. The molecule has 0 aliphatic carbocycles. The van der Waals surface area contributed by atoms with Crippen molar-refractivity contribution in [3.8, 4) is 33.8 Å². The zero-order valence-electron chi connectivity index (χ0n) is 39.1. The standard InChI is InChI=1S/C26H24FN7O2.C18H14N2O2.C8H12FN5O.2CH4/c27-24-17-29-26(32-25(24)34-9-11-36-12-10-34)33-30-16-21-7-8-22(15-28-21)31-20-5-1-3-18(13-20)19-4-2-6-23(35)14-19;21-12-17-8-7-16(11-19-17)20-15-5-1-3-13(9-15)14-4-2-6-18(22)10-14;9-6-5-11-8(13-10)12-7(6)14-1-3-15-4-2-14;;/h1-8,13-17,31,35H,9-12H2,(H,29,32,33);1-12,20,22H;5H,1-4,10H2,(H,11,12,13);2*1H4/b30-16+;;;;. The summed E-state index contributed by atoms with van der Waals surface area (Å²) in [4.78, 5) is 38.5. The number of phenols is 2. The van der Waals surface area contributed by atoms with Crippen LogP contribution in [0.25, 0.3) is 22.3 Å². The molecule has 0 spiro atoms. The number of nitrogens with two attached hydrogens (primary N) is 1. The van der Waals surface area contributed by atoms with Gasteiger partial charge in [-0.15, -0.1) is 0 Å². The number of nitrogens with one attached hydrogen (secondary N) is 4. The van der Waals surface area contributed by atoms with Gasteiger partial charge in [-0.2, -0.15) is 15.1 Å². The summed E-state index contributed by atoms with van der Waals surface area (Å²) < 4.78 is 38.1. The van der Waals surface area contributed by atoms with Crippen LogP contribution in [-0.2, 0) is 9.47 Å². The molecule has 4 aromatic heterocycles. The minimum Gasteiger partial charge on any atom is -0.508 e. The number of phenolic OH excluding ortho intramolecular Hbond substituents is 2. The second-order valence-electron chi connectivity index (χ2n) is 16.0. The van der Waals surface area contributed by atoms with Gasteiger partial charge in [0.1, 0.15) is 17.2 Å². The number of ether oxygens (including phenoxy) is 2. The first-order valence-corrected chi connectivity index (χ1v) is 22.9. The molecular weight excluding hydrogens is 963 g/mol. The van der Waals surface area contributed by atoms with E-state index in [0.29, 0.717) is 70.3 Å². The van der Waals surface area contributed by atoms with Crippen molar-refractivity contribution in [1.29, 1.82) is 0 Å². The topological polar surface area (TPSA) is 246 Å². The number of carbonyl (C=O) groups is 1. The highest BCUT2D eigenvalue weighted by atomic mass is 19.1. The Bertz CT molecular complexity index is 3110. The Morgan fingerprint density at radius 3 is 1.43 bits per heavy atom. The van der Waals surface area contributed by atoms with Crippen LogP contribution in [0.3, 0.4) is 0 Å². The SMILES string of the molecule is C.C.NNc1ncc(F)c(N2CCOCC2)n1.O=Cc1ccc(Nc2cccc(-c3cccc(O)c3)c2)cn1.Oc1cccc(-c2cccc(Nc3ccc(/C=N/Nc4ncc(F)c(N5CCOCC5)n4)nc3)c2)c1. The number of hydrogen-bond donors (Lipinski definition) is 7. The van der Waals surface area contributed by atoms with Gasteiger partial charge in [0.2, 0.25) is 11.9 Å². The van der Waals surface area contributed by atoms with Crippen LogP contribution in [0, 0.1) is 11.6 Å². The number of rotatable bonds is 13. The Morgan fingerprint density at radius 2 is 0.987 bits per heavy atom. The lowest BCUT2D eigenvalue weighted by Crippen LogP contribution is -2.37. The first kappa shape index (κ1) is 55.1. The first-order chi connectivity index (χ1) is 35.7. The number of aromatic hydroxyl groups is 2. The molecule has 8 aromatic rings. The fourth-order valence-electron chi connectivity index (χ4n) is 7.35. The molecule has 388 valence electrons. The number of pyridine rings is 2. The molecule has 2 aliphatic rings. The van der Waals surface area contributed by atoms with Gasteiger partial charge in [0.05, 0.1) is 74.5 Å². The average molecular weight is 1020 g/mol. The van der Waals surface area contributed by atoms with Gasteiger partial charge in [-0.1, -0.05) is 63.4 Å². The van der Waals surface area contributed by atoms with Crippen molar-refractivity contribution in [3.05, 3.63) is 169 Å². The molecule has 0 atom stereocenters. The lowest BCUT2D eigenvalue weighted by atomic mass is 10.0. The molecule has 8 N–H and O–H groups in total. The predicted molar refractivity (Wildman–Crippen MR) is 290 cm³/mol. The van der Waals surface area contributed by atoms with E-state index >= 15 is 0 Å². The second kappa shape index (κ2) is 27.6. The van der Waals surface area contributed by atoms with E-state index in [0.717, 1.165) is 57.4 Å². The average Bonchev–Trinajstić information content (AvgIpc) is 3.43. The highest BCUT2D eigenvalue weighted by molar-refractivity contribution is 5.79. The Balaban J connectivity index is 0.000000199. The molecule has 0 amide bonds. The van der Waals surface area contributed by atoms with E-state index in [-0.39, 0.29) is 49.9 Å². The number of nitrogen functional groups attached to an aromatic ring is 1. The molecule has 2 aliphatic heterocycles. The summed E-state index contributed by atoms with van der Waals surface area (Å²) in [5, 5.41) is 30.0. The number of nitrogens with zero attached hydrogens (tertiary/aromatic N) is 9. The van der Waals surface area contributed by atoms with Crippen molar-refractivity contribution in [2.24, 2.45) is 10.9 Å². The van der Waals surface area contributed by atoms with E-state index in [1.165, 1.54) is 6.21 Å². The summed E-state index contributed by atoms with van der Waals surface area (Å²) in [5.74, 6) is 5.59. The van der Waals surface area contributed by atoms with Gasteiger partial charge in [-0.05, 0) is 95.1 Å². The van der Waals surface area contributed by atoms with Crippen LogP contribution >= 0.6 is 0 Å². The highest BCUT2D eigenvalue weighted by Crippen LogP contribution is 2.29. The summed E-state index contributed by atoms with van der Waals surface area (Å²) in [6.07, 6.45) is 7.80. The molecule has 19 nitrogen and oxygen atoms in total. The Kier molecular flexibility index (Phi) is 20.3. The molecular formula is C54H58F2N14O5. The number of hydrogen-bond acceptors (Lipinski definition) is 19. The summed E-state index contributed by atoms with van der Waals surface area (Å²) in [7, 11) is 0. The number of morpholine rings is 2. The Hall–Kier alpha value is -9.18. The number of anilines is 8.